The van der Waals surface area contributed by atoms with Gasteiger partial charge in [-0.1, -0.05) is 18.3 Å². The molecule has 22 heavy (non-hydrogen) atoms. The molecule has 0 saturated carbocycles. The first-order valence-electron chi connectivity index (χ1n) is 7.49. The minimum Gasteiger partial charge on any atom is -0.329 e. The molecule has 1 fully saturated rings. The molecular weight excluding hydrogens is 298 g/mol. The predicted octanol–water partition coefficient (Wildman–Crippen LogP) is 2.74. The lowest BCUT2D eigenvalue weighted by Gasteiger charge is -2.24. The van der Waals surface area contributed by atoms with Crippen LogP contribution in [0.4, 0.5) is 0 Å². The molecular formula is C15H19N5OS. The second kappa shape index (κ2) is 6.08. The van der Waals surface area contributed by atoms with Gasteiger partial charge in [-0.3, -0.25) is 14.8 Å². The molecule has 0 bridgehead atoms. The number of hydrogen-bond acceptors (Lipinski definition) is 6. The molecule has 6 nitrogen and oxygen atoms in total. The molecule has 1 amide bonds. The van der Waals surface area contributed by atoms with Gasteiger partial charge in [-0.05, 0) is 37.2 Å². The highest BCUT2D eigenvalue weighted by molar-refractivity contribution is 7.08. The molecule has 1 aliphatic heterocycles. The molecule has 3 rings (SSSR count). The first kappa shape index (κ1) is 15.0. The number of rotatable bonds is 3. The van der Waals surface area contributed by atoms with Gasteiger partial charge < -0.3 is 4.90 Å². The topological polar surface area (TPSA) is 71.9 Å². The zero-order valence-electron chi connectivity index (χ0n) is 13.0. The molecule has 1 saturated heterocycles. The van der Waals surface area contributed by atoms with Crippen LogP contribution >= 0.6 is 11.5 Å². The largest absolute Gasteiger partial charge is 0.329 e. The van der Waals surface area contributed by atoms with Crippen molar-refractivity contribution in [2.75, 3.05) is 6.54 Å². The van der Waals surface area contributed by atoms with Crippen molar-refractivity contribution < 1.29 is 4.79 Å². The lowest BCUT2D eigenvalue weighted by atomic mass is 10.1. The summed E-state index contributed by atoms with van der Waals surface area (Å²) in [4.78, 5) is 24.2. The van der Waals surface area contributed by atoms with Gasteiger partial charge in [0.1, 0.15) is 4.88 Å². The van der Waals surface area contributed by atoms with Crippen LogP contribution in [0.3, 0.4) is 0 Å². The summed E-state index contributed by atoms with van der Waals surface area (Å²) >= 11 is 1.18. The van der Waals surface area contributed by atoms with E-state index in [0.29, 0.717) is 4.88 Å². The van der Waals surface area contributed by atoms with Crippen LogP contribution in [0.1, 0.15) is 65.4 Å². The van der Waals surface area contributed by atoms with Gasteiger partial charge in [-0.15, -0.1) is 5.10 Å². The van der Waals surface area contributed by atoms with Crippen LogP contribution in [0.5, 0.6) is 0 Å². The van der Waals surface area contributed by atoms with Gasteiger partial charge in [0.15, 0.2) is 0 Å². The maximum Gasteiger partial charge on any atom is 0.268 e. The number of aryl methyl sites for hydroxylation is 1. The van der Waals surface area contributed by atoms with Crippen molar-refractivity contribution in [3.8, 4) is 0 Å². The molecule has 3 heterocycles. The summed E-state index contributed by atoms with van der Waals surface area (Å²) in [7, 11) is 0. The van der Waals surface area contributed by atoms with Crippen molar-refractivity contribution in [2.24, 2.45) is 0 Å². The number of carbonyl (C=O) groups excluding carboxylic acids is 1. The van der Waals surface area contributed by atoms with E-state index in [1.54, 1.807) is 12.4 Å². The average Bonchev–Trinajstić information content (AvgIpc) is 3.15. The van der Waals surface area contributed by atoms with Crippen molar-refractivity contribution in [3.05, 3.63) is 34.4 Å². The van der Waals surface area contributed by atoms with Crippen LogP contribution in [-0.4, -0.2) is 36.9 Å². The number of amides is 1. The Kier molecular flexibility index (Phi) is 4.15. The smallest absolute Gasteiger partial charge is 0.268 e. The zero-order valence-corrected chi connectivity index (χ0v) is 13.8. The lowest BCUT2D eigenvalue weighted by molar-refractivity contribution is 0.0735. The van der Waals surface area contributed by atoms with Crippen LogP contribution in [0, 0.1) is 6.92 Å². The molecule has 116 valence electrons. The van der Waals surface area contributed by atoms with Crippen molar-refractivity contribution in [3.63, 3.8) is 0 Å². The Morgan fingerprint density at radius 2 is 2.23 bits per heavy atom. The summed E-state index contributed by atoms with van der Waals surface area (Å²) in [5, 5.41) is 4.11. The fourth-order valence-corrected chi connectivity index (χ4v) is 3.59. The standard InChI is InChI=1S/C15H19N5OS/c1-9(2)13-14(22-19-18-13)15(21)20-6-4-5-12(20)11-8-16-7-10(3)17-11/h7-9,12H,4-6H2,1-3H3/t12-/m1/s1. The Bertz CT molecular complexity index is 684. The van der Waals surface area contributed by atoms with Gasteiger partial charge in [0.25, 0.3) is 5.91 Å². The summed E-state index contributed by atoms with van der Waals surface area (Å²) in [6.45, 7) is 6.72. The van der Waals surface area contributed by atoms with Gasteiger partial charge in [0, 0.05) is 12.7 Å². The number of likely N-dealkylation sites (tertiary alicyclic amines) is 1. The van der Waals surface area contributed by atoms with Gasteiger partial charge in [-0.25, -0.2) is 0 Å². The maximum atomic E-state index is 12.9. The number of carbonyl (C=O) groups is 1. The molecule has 0 aliphatic carbocycles. The Balaban J connectivity index is 1.90. The van der Waals surface area contributed by atoms with E-state index in [1.165, 1.54) is 11.5 Å². The van der Waals surface area contributed by atoms with E-state index in [0.717, 1.165) is 36.5 Å². The number of nitrogens with zero attached hydrogens (tertiary/aromatic N) is 5. The third kappa shape index (κ3) is 2.72. The highest BCUT2D eigenvalue weighted by Gasteiger charge is 2.34. The van der Waals surface area contributed by atoms with Gasteiger partial charge in [0.2, 0.25) is 0 Å². The molecule has 0 unspecified atom stereocenters. The first-order chi connectivity index (χ1) is 10.6. The fourth-order valence-electron chi connectivity index (χ4n) is 2.81. The average molecular weight is 317 g/mol. The highest BCUT2D eigenvalue weighted by Crippen LogP contribution is 2.33. The Morgan fingerprint density at radius 3 is 2.95 bits per heavy atom. The SMILES string of the molecule is Cc1cncc([C@H]2CCCN2C(=O)c2snnc2C(C)C)n1. The molecule has 2 aromatic rings. The molecule has 0 aromatic carbocycles. The first-order valence-corrected chi connectivity index (χ1v) is 8.27. The minimum atomic E-state index is 0.00186. The van der Waals surface area contributed by atoms with E-state index in [9.17, 15) is 4.79 Å². The normalized spacial score (nSPS) is 18.2. The third-order valence-corrected chi connectivity index (χ3v) is 4.61. The van der Waals surface area contributed by atoms with Crippen LogP contribution in [-0.2, 0) is 0 Å². The Morgan fingerprint density at radius 1 is 1.41 bits per heavy atom. The molecule has 0 N–H and O–H groups in total. The monoisotopic (exact) mass is 317 g/mol. The Hall–Kier alpha value is -1.89. The summed E-state index contributed by atoms with van der Waals surface area (Å²) in [5.41, 5.74) is 2.53. The predicted molar refractivity (Wildman–Crippen MR) is 83.8 cm³/mol. The van der Waals surface area contributed by atoms with Crippen molar-refractivity contribution in [1.29, 1.82) is 0 Å². The van der Waals surface area contributed by atoms with E-state index in [1.807, 2.05) is 25.7 Å². The molecule has 0 radical (unpaired) electrons. The van der Waals surface area contributed by atoms with E-state index < -0.39 is 0 Å². The fraction of sp³-hybridized carbons (Fsp3) is 0.533. The van der Waals surface area contributed by atoms with E-state index in [2.05, 4.69) is 19.6 Å². The second-order valence-corrected chi connectivity index (χ2v) is 6.64. The Labute approximate surface area is 133 Å². The van der Waals surface area contributed by atoms with Gasteiger partial charge in [-0.2, -0.15) is 0 Å². The van der Waals surface area contributed by atoms with Crippen molar-refractivity contribution in [2.45, 2.75) is 45.6 Å². The van der Waals surface area contributed by atoms with Crippen LogP contribution in [0.2, 0.25) is 0 Å². The second-order valence-electron chi connectivity index (χ2n) is 5.88. The van der Waals surface area contributed by atoms with E-state index >= 15 is 0 Å². The summed E-state index contributed by atoms with van der Waals surface area (Å²) < 4.78 is 3.96. The van der Waals surface area contributed by atoms with E-state index in [4.69, 9.17) is 0 Å². The quantitative estimate of drug-likeness (QED) is 0.870. The van der Waals surface area contributed by atoms with Crippen LogP contribution < -0.4 is 0 Å². The summed E-state index contributed by atoms with van der Waals surface area (Å²) in [5.74, 6) is 0.210. The van der Waals surface area contributed by atoms with Crippen molar-refractivity contribution >= 4 is 17.4 Å². The number of aromatic nitrogens is 4. The molecule has 1 aliphatic rings. The minimum absolute atomic E-state index is 0.00186. The number of hydrogen-bond donors (Lipinski definition) is 0. The highest BCUT2D eigenvalue weighted by atomic mass is 32.1. The summed E-state index contributed by atoms with van der Waals surface area (Å²) in [6, 6.07) is 0.00186. The molecule has 7 heteroatoms. The third-order valence-electron chi connectivity index (χ3n) is 3.88. The molecule has 2 aromatic heterocycles. The zero-order chi connectivity index (χ0) is 15.7. The van der Waals surface area contributed by atoms with Crippen LogP contribution in [0.15, 0.2) is 12.4 Å². The van der Waals surface area contributed by atoms with Crippen LogP contribution in [0.25, 0.3) is 0 Å². The van der Waals surface area contributed by atoms with Gasteiger partial charge in [0.05, 0.1) is 29.3 Å². The van der Waals surface area contributed by atoms with Gasteiger partial charge >= 0.3 is 0 Å². The molecule has 0 spiro atoms. The lowest BCUT2D eigenvalue weighted by Crippen LogP contribution is -2.31. The molecule has 1 atom stereocenters. The van der Waals surface area contributed by atoms with Crippen molar-refractivity contribution in [1.82, 2.24) is 24.5 Å². The van der Waals surface area contributed by atoms with E-state index in [-0.39, 0.29) is 17.9 Å². The maximum absolute atomic E-state index is 12.9. The summed E-state index contributed by atoms with van der Waals surface area (Å²) in [6.07, 6.45) is 5.40.